The number of rotatable bonds is 6. The predicted octanol–water partition coefficient (Wildman–Crippen LogP) is 2.80. The second-order valence-electron chi connectivity index (χ2n) is 3.93. The molecule has 2 rings (SSSR count). The van der Waals surface area contributed by atoms with E-state index in [1.54, 1.807) is 24.9 Å². The van der Waals surface area contributed by atoms with Crippen LogP contribution in [0.25, 0.3) is 0 Å². The second kappa shape index (κ2) is 7.04. The highest BCUT2D eigenvalue weighted by molar-refractivity contribution is 7.99. The third-order valence-corrected chi connectivity index (χ3v) is 3.46. The van der Waals surface area contributed by atoms with Crippen molar-refractivity contribution in [3.8, 4) is 0 Å². The van der Waals surface area contributed by atoms with Gasteiger partial charge in [-0.3, -0.25) is 4.98 Å². The molecule has 0 saturated carbocycles. The molecule has 0 aromatic carbocycles. The first-order valence-electron chi connectivity index (χ1n) is 6.36. The van der Waals surface area contributed by atoms with Crippen molar-refractivity contribution in [2.24, 2.45) is 0 Å². The zero-order valence-corrected chi connectivity index (χ0v) is 11.9. The van der Waals surface area contributed by atoms with Crippen LogP contribution in [0.2, 0.25) is 0 Å². The van der Waals surface area contributed by atoms with Crippen molar-refractivity contribution in [2.75, 3.05) is 11.9 Å². The summed E-state index contributed by atoms with van der Waals surface area (Å²) in [5.41, 5.74) is 1.16. The minimum Gasteiger partial charge on any atom is -0.370 e. The standard InChI is InChI=1S/C13H17N5S/c1-3-5-10-12(15-4-2)17-9-18-13(10)19-11-8-14-6-7-16-11/h6-9H,3-5H2,1-2H3,(H,15,17,18). The van der Waals surface area contributed by atoms with Crippen molar-refractivity contribution >= 4 is 17.6 Å². The van der Waals surface area contributed by atoms with Gasteiger partial charge in [-0.2, -0.15) is 0 Å². The van der Waals surface area contributed by atoms with Crippen LogP contribution in [-0.4, -0.2) is 26.5 Å². The Morgan fingerprint density at radius 3 is 2.74 bits per heavy atom. The van der Waals surface area contributed by atoms with Gasteiger partial charge in [-0.1, -0.05) is 13.3 Å². The maximum absolute atomic E-state index is 4.38. The molecule has 0 amide bonds. The van der Waals surface area contributed by atoms with Crippen LogP contribution in [0.1, 0.15) is 25.8 Å². The Morgan fingerprint density at radius 1 is 1.16 bits per heavy atom. The molecule has 0 aliphatic carbocycles. The van der Waals surface area contributed by atoms with Crippen LogP contribution in [-0.2, 0) is 6.42 Å². The van der Waals surface area contributed by atoms with Gasteiger partial charge >= 0.3 is 0 Å². The number of anilines is 1. The normalized spacial score (nSPS) is 10.4. The fraction of sp³-hybridized carbons (Fsp3) is 0.385. The molecule has 0 fully saturated rings. The molecule has 100 valence electrons. The number of nitrogens with zero attached hydrogens (tertiary/aromatic N) is 4. The Bertz CT molecular complexity index is 518. The fourth-order valence-electron chi connectivity index (χ4n) is 1.72. The summed E-state index contributed by atoms with van der Waals surface area (Å²) in [6.07, 6.45) is 8.70. The summed E-state index contributed by atoms with van der Waals surface area (Å²) < 4.78 is 0. The smallest absolute Gasteiger partial charge is 0.133 e. The van der Waals surface area contributed by atoms with Crippen molar-refractivity contribution in [1.29, 1.82) is 0 Å². The molecule has 0 radical (unpaired) electrons. The van der Waals surface area contributed by atoms with Gasteiger partial charge in [0, 0.05) is 24.5 Å². The largest absolute Gasteiger partial charge is 0.370 e. The zero-order chi connectivity index (χ0) is 13.5. The van der Waals surface area contributed by atoms with Crippen molar-refractivity contribution in [1.82, 2.24) is 19.9 Å². The Labute approximate surface area is 117 Å². The molecule has 2 heterocycles. The van der Waals surface area contributed by atoms with Crippen molar-refractivity contribution in [2.45, 2.75) is 36.7 Å². The molecule has 0 aliphatic rings. The van der Waals surface area contributed by atoms with Gasteiger partial charge < -0.3 is 5.32 Å². The first-order valence-corrected chi connectivity index (χ1v) is 7.18. The van der Waals surface area contributed by atoms with E-state index < -0.39 is 0 Å². The number of hydrogen-bond donors (Lipinski definition) is 1. The molecular formula is C13H17N5S. The van der Waals surface area contributed by atoms with Crippen LogP contribution in [0.3, 0.4) is 0 Å². The summed E-state index contributed by atoms with van der Waals surface area (Å²) in [5, 5.41) is 5.09. The Hall–Kier alpha value is -1.69. The van der Waals surface area contributed by atoms with Crippen LogP contribution in [0.4, 0.5) is 5.82 Å². The average Bonchev–Trinajstić information content (AvgIpc) is 2.44. The van der Waals surface area contributed by atoms with Crippen LogP contribution in [0.5, 0.6) is 0 Å². The molecule has 6 heteroatoms. The van der Waals surface area contributed by atoms with Gasteiger partial charge in [-0.25, -0.2) is 15.0 Å². The summed E-state index contributed by atoms with van der Waals surface area (Å²) in [6.45, 7) is 5.07. The number of nitrogens with one attached hydrogen (secondary N) is 1. The van der Waals surface area contributed by atoms with Crippen LogP contribution >= 0.6 is 11.8 Å². The van der Waals surface area contributed by atoms with Crippen LogP contribution in [0.15, 0.2) is 35.0 Å². The van der Waals surface area contributed by atoms with Crippen molar-refractivity contribution in [3.63, 3.8) is 0 Å². The SMILES string of the molecule is CCCc1c(NCC)ncnc1Sc1cnccn1. The van der Waals surface area contributed by atoms with E-state index in [1.807, 2.05) is 0 Å². The van der Waals surface area contributed by atoms with Gasteiger partial charge in [0.15, 0.2) is 0 Å². The third-order valence-electron chi connectivity index (χ3n) is 2.49. The molecule has 0 saturated heterocycles. The zero-order valence-electron chi connectivity index (χ0n) is 11.1. The minimum absolute atomic E-state index is 0.848. The van der Waals surface area contributed by atoms with E-state index >= 15 is 0 Å². The molecular weight excluding hydrogens is 258 g/mol. The molecule has 0 spiro atoms. The second-order valence-corrected chi connectivity index (χ2v) is 4.94. The molecule has 0 aliphatic heterocycles. The maximum Gasteiger partial charge on any atom is 0.133 e. The molecule has 5 nitrogen and oxygen atoms in total. The Balaban J connectivity index is 2.30. The highest BCUT2D eigenvalue weighted by Crippen LogP contribution is 2.30. The molecule has 2 aromatic rings. The van der Waals surface area contributed by atoms with Crippen molar-refractivity contribution in [3.05, 3.63) is 30.5 Å². The first kappa shape index (κ1) is 13.7. The third kappa shape index (κ3) is 3.64. The lowest BCUT2D eigenvalue weighted by Gasteiger charge is -2.12. The molecule has 0 unspecified atom stereocenters. The summed E-state index contributed by atoms with van der Waals surface area (Å²) in [5.74, 6) is 0.922. The highest BCUT2D eigenvalue weighted by atomic mass is 32.2. The van der Waals surface area contributed by atoms with E-state index in [2.05, 4.69) is 39.1 Å². The summed E-state index contributed by atoms with van der Waals surface area (Å²) in [6, 6.07) is 0. The predicted molar refractivity (Wildman–Crippen MR) is 76.3 cm³/mol. The fourth-order valence-corrected chi connectivity index (χ4v) is 2.56. The minimum atomic E-state index is 0.848. The summed E-state index contributed by atoms with van der Waals surface area (Å²) >= 11 is 1.53. The van der Waals surface area contributed by atoms with Gasteiger partial charge in [-0.15, -0.1) is 0 Å². The van der Waals surface area contributed by atoms with Gasteiger partial charge in [0.1, 0.15) is 22.2 Å². The maximum atomic E-state index is 4.38. The van der Waals surface area contributed by atoms with Crippen LogP contribution < -0.4 is 5.32 Å². The number of hydrogen-bond acceptors (Lipinski definition) is 6. The Morgan fingerprint density at radius 2 is 2.05 bits per heavy atom. The Kier molecular flexibility index (Phi) is 5.09. The average molecular weight is 275 g/mol. The lowest BCUT2D eigenvalue weighted by Crippen LogP contribution is -2.06. The van der Waals surface area contributed by atoms with E-state index in [4.69, 9.17) is 0 Å². The van der Waals surface area contributed by atoms with E-state index in [1.165, 1.54) is 11.8 Å². The molecule has 19 heavy (non-hydrogen) atoms. The van der Waals surface area contributed by atoms with Gasteiger partial charge in [-0.05, 0) is 25.1 Å². The topological polar surface area (TPSA) is 63.6 Å². The molecule has 2 aromatic heterocycles. The number of aromatic nitrogens is 4. The van der Waals surface area contributed by atoms with Gasteiger partial charge in [0.2, 0.25) is 0 Å². The molecule has 0 atom stereocenters. The monoisotopic (exact) mass is 275 g/mol. The van der Waals surface area contributed by atoms with E-state index in [0.717, 1.165) is 40.8 Å². The van der Waals surface area contributed by atoms with E-state index in [0.29, 0.717) is 0 Å². The van der Waals surface area contributed by atoms with Gasteiger partial charge in [0.05, 0.1) is 6.20 Å². The van der Waals surface area contributed by atoms with Crippen molar-refractivity contribution < 1.29 is 0 Å². The molecule has 0 bridgehead atoms. The summed E-state index contributed by atoms with van der Waals surface area (Å²) in [4.78, 5) is 17.0. The van der Waals surface area contributed by atoms with Gasteiger partial charge in [0.25, 0.3) is 0 Å². The van der Waals surface area contributed by atoms with E-state index in [9.17, 15) is 0 Å². The molecule has 1 N–H and O–H groups in total. The summed E-state index contributed by atoms with van der Waals surface area (Å²) in [7, 11) is 0. The highest BCUT2D eigenvalue weighted by Gasteiger charge is 2.12. The lowest BCUT2D eigenvalue weighted by molar-refractivity contribution is 0.854. The quantitative estimate of drug-likeness (QED) is 0.818. The lowest BCUT2D eigenvalue weighted by atomic mass is 10.2. The van der Waals surface area contributed by atoms with E-state index in [-0.39, 0.29) is 0 Å². The van der Waals surface area contributed by atoms with Crippen LogP contribution in [0, 0.1) is 0 Å². The first-order chi connectivity index (χ1) is 9.35.